The van der Waals surface area contributed by atoms with Crippen molar-refractivity contribution < 1.29 is 19.1 Å². The van der Waals surface area contributed by atoms with E-state index in [2.05, 4.69) is 0 Å². The maximum Gasteiger partial charge on any atom is 0.326 e. The zero-order valence-corrected chi connectivity index (χ0v) is 15.3. The average molecular weight is 369 g/mol. The molecule has 0 unspecified atom stereocenters. The number of aryl methyl sites for hydroxylation is 1. The fourth-order valence-corrected chi connectivity index (χ4v) is 3.59. The molecule has 1 aliphatic rings. The predicted molar refractivity (Wildman–Crippen MR) is 101 cm³/mol. The molecule has 1 heterocycles. The van der Waals surface area contributed by atoms with Crippen molar-refractivity contribution in [3.8, 4) is 0 Å². The number of anilines is 1. The standard InChI is InChI=1S/C20H19NO4S/c1-2-14-7-9-15(10-8-14)17(22)12-25-20(24)11-21-16-5-3-4-6-18(16)26-13-19(21)23/h3-10H,2,11-13H2,1H3. The Kier molecular flexibility index (Phi) is 5.73. The Labute approximate surface area is 156 Å². The normalized spacial score (nSPS) is 13.3. The van der Waals surface area contributed by atoms with Gasteiger partial charge in [0.2, 0.25) is 5.91 Å². The molecule has 0 N–H and O–H groups in total. The Balaban J connectivity index is 1.59. The second kappa shape index (κ2) is 8.19. The van der Waals surface area contributed by atoms with Gasteiger partial charge < -0.3 is 4.74 Å². The van der Waals surface area contributed by atoms with Gasteiger partial charge in [0.25, 0.3) is 0 Å². The van der Waals surface area contributed by atoms with E-state index < -0.39 is 5.97 Å². The molecule has 134 valence electrons. The van der Waals surface area contributed by atoms with Gasteiger partial charge in [-0.2, -0.15) is 0 Å². The molecular weight excluding hydrogens is 350 g/mol. The smallest absolute Gasteiger partial charge is 0.326 e. The summed E-state index contributed by atoms with van der Waals surface area (Å²) in [6.07, 6.45) is 0.896. The first kappa shape index (κ1) is 18.2. The van der Waals surface area contributed by atoms with Gasteiger partial charge >= 0.3 is 5.97 Å². The predicted octanol–water partition coefficient (Wildman–Crippen LogP) is 3.11. The minimum atomic E-state index is -0.599. The van der Waals surface area contributed by atoms with Crippen LogP contribution in [0.25, 0.3) is 0 Å². The molecule has 5 nitrogen and oxygen atoms in total. The number of carbonyl (C=O) groups is 3. The highest BCUT2D eigenvalue weighted by Crippen LogP contribution is 2.34. The SMILES string of the molecule is CCc1ccc(C(=O)COC(=O)CN2C(=O)CSc3ccccc32)cc1. The number of nitrogens with zero attached hydrogens (tertiary/aromatic N) is 1. The van der Waals surface area contributed by atoms with E-state index in [1.165, 1.54) is 16.7 Å². The largest absolute Gasteiger partial charge is 0.456 e. The Hall–Kier alpha value is -2.60. The van der Waals surface area contributed by atoms with Crippen molar-refractivity contribution in [2.45, 2.75) is 18.2 Å². The van der Waals surface area contributed by atoms with Crippen molar-refractivity contribution in [1.29, 1.82) is 0 Å². The van der Waals surface area contributed by atoms with Crippen molar-refractivity contribution >= 4 is 35.1 Å². The van der Waals surface area contributed by atoms with Crippen LogP contribution in [0.1, 0.15) is 22.8 Å². The van der Waals surface area contributed by atoms with Crippen molar-refractivity contribution in [3.05, 3.63) is 59.7 Å². The van der Waals surface area contributed by atoms with E-state index in [9.17, 15) is 14.4 Å². The topological polar surface area (TPSA) is 63.7 Å². The molecule has 3 rings (SSSR count). The maximum atomic E-state index is 12.1. The summed E-state index contributed by atoms with van der Waals surface area (Å²) in [7, 11) is 0. The van der Waals surface area contributed by atoms with Crippen molar-refractivity contribution in [1.82, 2.24) is 0 Å². The fraction of sp³-hybridized carbons (Fsp3) is 0.250. The molecule has 0 fully saturated rings. The minimum absolute atomic E-state index is 0.146. The summed E-state index contributed by atoms with van der Waals surface area (Å²) in [5.74, 6) is -0.722. The molecule has 2 aromatic carbocycles. The summed E-state index contributed by atoms with van der Waals surface area (Å²) >= 11 is 1.45. The van der Waals surface area contributed by atoms with Gasteiger partial charge in [0.05, 0.1) is 11.4 Å². The third kappa shape index (κ3) is 4.14. The number of hydrogen-bond acceptors (Lipinski definition) is 5. The fourth-order valence-electron chi connectivity index (χ4n) is 2.66. The number of ketones is 1. The second-order valence-corrected chi connectivity index (χ2v) is 6.89. The van der Waals surface area contributed by atoms with E-state index in [1.807, 2.05) is 37.3 Å². The summed E-state index contributed by atoms with van der Waals surface area (Å²) in [5, 5.41) is 0. The molecule has 26 heavy (non-hydrogen) atoms. The highest BCUT2D eigenvalue weighted by molar-refractivity contribution is 8.00. The third-order valence-corrected chi connectivity index (χ3v) is 5.19. The number of thioether (sulfide) groups is 1. The van der Waals surface area contributed by atoms with Gasteiger partial charge in [0, 0.05) is 10.5 Å². The first-order valence-electron chi connectivity index (χ1n) is 8.38. The number of hydrogen-bond donors (Lipinski definition) is 0. The molecule has 0 saturated heterocycles. The maximum absolute atomic E-state index is 12.1. The molecule has 0 aliphatic carbocycles. The number of Topliss-reactive ketones (excluding diaryl/α,β-unsaturated/α-hetero) is 1. The van der Waals surface area contributed by atoms with Crippen LogP contribution >= 0.6 is 11.8 Å². The zero-order valence-electron chi connectivity index (χ0n) is 14.4. The van der Waals surface area contributed by atoms with Gasteiger partial charge in [-0.1, -0.05) is 43.3 Å². The highest BCUT2D eigenvalue weighted by atomic mass is 32.2. The van der Waals surface area contributed by atoms with Gasteiger partial charge in [0.15, 0.2) is 12.4 Å². The van der Waals surface area contributed by atoms with Gasteiger partial charge in [-0.3, -0.25) is 19.3 Å². The van der Waals surface area contributed by atoms with Crippen molar-refractivity contribution in [3.63, 3.8) is 0 Å². The zero-order chi connectivity index (χ0) is 18.5. The number of carbonyl (C=O) groups excluding carboxylic acids is 3. The van der Waals surface area contributed by atoms with E-state index in [1.54, 1.807) is 18.2 Å². The van der Waals surface area contributed by atoms with Crippen LogP contribution in [0.3, 0.4) is 0 Å². The molecule has 2 aromatic rings. The van der Waals surface area contributed by atoms with Crippen LogP contribution in [0.4, 0.5) is 5.69 Å². The van der Waals surface area contributed by atoms with Crippen LogP contribution in [0.2, 0.25) is 0 Å². The summed E-state index contributed by atoms with van der Waals surface area (Å²) in [4.78, 5) is 38.8. The number of esters is 1. The molecule has 6 heteroatoms. The molecule has 0 radical (unpaired) electrons. The van der Waals surface area contributed by atoms with Crippen LogP contribution in [0, 0.1) is 0 Å². The number of benzene rings is 2. The van der Waals surface area contributed by atoms with Crippen molar-refractivity contribution in [2.24, 2.45) is 0 Å². The Morgan fingerprint density at radius 1 is 1.12 bits per heavy atom. The summed E-state index contributed by atoms with van der Waals surface area (Å²) < 4.78 is 5.09. The molecular formula is C20H19NO4S. The highest BCUT2D eigenvalue weighted by Gasteiger charge is 2.26. The Bertz CT molecular complexity index is 832. The van der Waals surface area contributed by atoms with Gasteiger partial charge in [-0.25, -0.2) is 0 Å². The number of ether oxygens (including phenoxy) is 1. The van der Waals surface area contributed by atoms with E-state index in [-0.39, 0.29) is 30.6 Å². The number of para-hydroxylation sites is 1. The van der Waals surface area contributed by atoms with Gasteiger partial charge in [-0.15, -0.1) is 11.8 Å². The second-order valence-electron chi connectivity index (χ2n) is 5.87. The molecule has 0 bridgehead atoms. The summed E-state index contributed by atoms with van der Waals surface area (Å²) in [6.45, 7) is 1.51. The number of rotatable bonds is 6. The Morgan fingerprint density at radius 2 is 1.85 bits per heavy atom. The van der Waals surface area contributed by atoms with Crippen molar-refractivity contribution in [2.75, 3.05) is 23.8 Å². The van der Waals surface area contributed by atoms with Crippen LogP contribution < -0.4 is 4.90 Å². The van der Waals surface area contributed by atoms with Gasteiger partial charge in [-0.05, 0) is 24.1 Å². The number of amides is 1. The van der Waals surface area contributed by atoms with Crippen LogP contribution in [-0.4, -0.2) is 36.6 Å². The minimum Gasteiger partial charge on any atom is -0.456 e. The average Bonchev–Trinajstić information content (AvgIpc) is 2.68. The van der Waals surface area contributed by atoms with E-state index in [4.69, 9.17) is 4.74 Å². The van der Waals surface area contributed by atoms with Gasteiger partial charge in [0.1, 0.15) is 6.54 Å². The molecule has 0 aromatic heterocycles. The third-order valence-electron chi connectivity index (χ3n) is 4.14. The summed E-state index contributed by atoms with van der Waals surface area (Å²) in [6, 6.07) is 14.7. The lowest BCUT2D eigenvalue weighted by atomic mass is 10.1. The lowest BCUT2D eigenvalue weighted by Gasteiger charge is -2.27. The van der Waals surface area contributed by atoms with Crippen LogP contribution in [0.15, 0.2) is 53.4 Å². The van der Waals surface area contributed by atoms with Crippen LogP contribution in [0.5, 0.6) is 0 Å². The van der Waals surface area contributed by atoms with Crippen LogP contribution in [-0.2, 0) is 20.7 Å². The molecule has 0 spiro atoms. The lowest BCUT2D eigenvalue weighted by Crippen LogP contribution is -2.40. The monoisotopic (exact) mass is 369 g/mol. The van der Waals surface area contributed by atoms with E-state index in [0.717, 1.165) is 16.9 Å². The summed E-state index contributed by atoms with van der Waals surface area (Å²) in [5.41, 5.74) is 2.34. The Morgan fingerprint density at radius 3 is 2.58 bits per heavy atom. The molecule has 0 saturated carbocycles. The molecule has 0 atom stereocenters. The molecule has 1 amide bonds. The van der Waals surface area contributed by atoms with E-state index in [0.29, 0.717) is 11.3 Å². The number of fused-ring (bicyclic) bond motifs is 1. The first-order chi connectivity index (χ1) is 12.6. The quantitative estimate of drug-likeness (QED) is 0.578. The van der Waals surface area contributed by atoms with E-state index >= 15 is 0 Å². The lowest BCUT2D eigenvalue weighted by molar-refractivity contribution is -0.141. The first-order valence-corrected chi connectivity index (χ1v) is 9.37. The molecule has 1 aliphatic heterocycles.